The molecule has 162 valence electrons. The molecule has 0 heterocycles. The highest BCUT2D eigenvalue weighted by molar-refractivity contribution is 5.88. The Balaban J connectivity index is 2.18. The number of nitrogens with one attached hydrogen (secondary N) is 1. The molecule has 0 aliphatic rings. The summed E-state index contributed by atoms with van der Waals surface area (Å²) in [5.41, 5.74) is 2.36. The van der Waals surface area contributed by atoms with E-state index < -0.39 is 11.9 Å². The molecule has 0 radical (unpaired) electrons. The van der Waals surface area contributed by atoms with Crippen molar-refractivity contribution in [1.29, 1.82) is 0 Å². The Morgan fingerprint density at radius 1 is 1.07 bits per heavy atom. The van der Waals surface area contributed by atoms with Crippen molar-refractivity contribution >= 4 is 11.8 Å². The zero-order chi connectivity index (χ0) is 22.3. The maximum absolute atomic E-state index is 14.2. The summed E-state index contributed by atoms with van der Waals surface area (Å²) >= 11 is 0. The molecule has 0 aromatic heterocycles. The van der Waals surface area contributed by atoms with Crippen molar-refractivity contribution < 1.29 is 18.7 Å². The van der Waals surface area contributed by atoms with Gasteiger partial charge in [-0.2, -0.15) is 0 Å². The highest BCUT2D eigenvalue weighted by atomic mass is 19.1. The molecule has 0 spiro atoms. The molecular weight excluding hydrogens is 383 g/mol. The molecule has 30 heavy (non-hydrogen) atoms. The monoisotopic (exact) mass is 414 g/mol. The highest BCUT2D eigenvalue weighted by Gasteiger charge is 2.27. The Morgan fingerprint density at radius 2 is 1.77 bits per heavy atom. The van der Waals surface area contributed by atoms with E-state index in [9.17, 15) is 14.0 Å². The molecule has 0 saturated carbocycles. The number of nitrogens with zero attached hydrogens (tertiary/aromatic N) is 1. The van der Waals surface area contributed by atoms with Gasteiger partial charge in [-0.05, 0) is 49.9 Å². The molecule has 0 unspecified atom stereocenters. The Labute approximate surface area is 178 Å². The van der Waals surface area contributed by atoms with Crippen molar-refractivity contribution in [2.45, 2.75) is 47.2 Å². The van der Waals surface area contributed by atoms with E-state index in [0.29, 0.717) is 17.9 Å². The van der Waals surface area contributed by atoms with E-state index in [0.717, 1.165) is 11.1 Å². The fourth-order valence-electron chi connectivity index (χ4n) is 2.95. The van der Waals surface area contributed by atoms with E-state index >= 15 is 0 Å². The van der Waals surface area contributed by atoms with Crippen LogP contribution in [-0.2, 0) is 16.1 Å². The number of ether oxygens (including phenoxy) is 1. The largest absolute Gasteiger partial charge is 0.483 e. The number of benzene rings is 2. The van der Waals surface area contributed by atoms with Crippen LogP contribution in [0.5, 0.6) is 5.75 Å². The highest BCUT2D eigenvalue weighted by Crippen LogP contribution is 2.21. The average molecular weight is 415 g/mol. The second-order valence-corrected chi connectivity index (χ2v) is 7.91. The van der Waals surface area contributed by atoms with E-state index in [2.05, 4.69) is 5.32 Å². The minimum Gasteiger partial charge on any atom is -0.483 e. The molecule has 1 N–H and O–H groups in total. The van der Waals surface area contributed by atoms with Gasteiger partial charge in [0, 0.05) is 18.7 Å². The Kier molecular flexibility index (Phi) is 8.39. The third kappa shape index (κ3) is 6.31. The lowest BCUT2D eigenvalue weighted by Crippen LogP contribution is -2.49. The van der Waals surface area contributed by atoms with Crippen LogP contribution in [0.15, 0.2) is 42.5 Å². The molecule has 0 fully saturated rings. The van der Waals surface area contributed by atoms with Crippen LogP contribution in [0.3, 0.4) is 0 Å². The molecule has 0 bridgehead atoms. The molecule has 2 aromatic carbocycles. The minimum absolute atomic E-state index is 0.0159. The van der Waals surface area contributed by atoms with Crippen LogP contribution in [0, 0.1) is 25.6 Å². The van der Waals surface area contributed by atoms with Crippen molar-refractivity contribution in [3.8, 4) is 5.75 Å². The van der Waals surface area contributed by atoms with Gasteiger partial charge in [-0.15, -0.1) is 0 Å². The van der Waals surface area contributed by atoms with Crippen LogP contribution in [0.4, 0.5) is 4.39 Å². The number of hydrogen-bond acceptors (Lipinski definition) is 3. The lowest BCUT2D eigenvalue weighted by atomic mass is 10.1. The van der Waals surface area contributed by atoms with Crippen molar-refractivity contribution in [2.75, 3.05) is 13.2 Å². The van der Waals surface area contributed by atoms with E-state index in [1.54, 1.807) is 31.2 Å². The maximum Gasteiger partial charge on any atom is 0.261 e. The predicted molar refractivity (Wildman–Crippen MR) is 116 cm³/mol. The van der Waals surface area contributed by atoms with Crippen LogP contribution >= 0.6 is 0 Å². The smallest absolute Gasteiger partial charge is 0.261 e. The number of carbonyl (C=O) groups is 2. The lowest BCUT2D eigenvalue weighted by molar-refractivity contribution is -0.142. The number of carbonyl (C=O) groups excluding carboxylic acids is 2. The van der Waals surface area contributed by atoms with E-state index in [4.69, 9.17) is 4.74 Å². The fraction of sp³-hybridized carbons (Fsp3) is 0.417. The molecule has 2 amide bonds. The van der Waals surface area contributed by atoms with Gasteiger partial charge < -0.3 is 15.0 Å². The van der Waals surface area contributed by atoms with Crippen LogP contribution in [-0.4, -0.2) is 35.9 Å². The quantitative estimate of drug-likeness (QED) is 0.674. The standard InChI is InChI=1S/C24H31FN2O3/c1-16(2)13-26-24(29)19(5)27(14-20-10-6-7-11-21(20)25)23(28)15-30-22-12-8-9-17(3)18(22)4/h6-12,16,19H,13-15H2,1-5H3,(H,26,29)/t19-/m0/s1. The van der Waals surface area contributed by atoms with Crippen LogP contribution < -0.4 is 10.1 Å². The molecule has 0 aliphatic carbocycles. The third-order valence-corrected chi connectivity index (χ3v) is 5.06. The summed E-state index contributed by atoms with van der Waals surface area (Å²) in [6, 6.07) is 11.1. The van der Waals surface area contributed by atoms with Crippen molar-refractivity contribution in [1.82, 2.24) is 10.2 Å². The maximum atomic E-state index is 14.2. The van der Waals surface area contributed by atoms with Crippen LogP contribution in [0.1, 0.15) is 37.5 Å². The zero-order valence-electron chi connectivity index (χ0n) is 18.4. The van der Waals surface area contributed by atoms with E-state index in [1.165, 1.54) is 11.0 Å². The summed E-state index contributed by atoms with van der Waals surface area (Å²) in [5, 5.41) is 2.84. The van der Waals surface area contributed by atoms with Gasteiger partial charge >= 0.3 is 0 Å². The van der Waals surface area contributed by atoms with Crippen molar-refractivity contribution in [3.05, 3.63) is 65.0 Å². The normalized spacial score (nSPS) is 11.8. The Morgan fingerprint density at radius 3 is 2.43 bits per heavy atom. The first kappa shape index (κ1) is 23.4. The van der Waals surface area contributed by atoms with Crippen LogP contribution in [0.2, 0.25) is 0 Å². The molecular formula is C24H31FN2O3. The molecule has 2 aromatic rings. The average Bonchev–Trinajstić information content (AvgIpc) is 2.71. The van der Waals surface area contributed by atoms with Gasteiger partial charge in [0.1, 0.15) is 17.6 Å². The number of aryl methyl sites for hydroxylation is 1. The molecule has 0 saturated heterocycles. The minimum atomic E-state index is -0.766. The SMILES string of the molecule is Cc1cccc(OCC(=O)N(Cc2ccccc2F)[C@@H](C)C(=O)NCC(C)C)c1C. The summed E-state index contributed by atoms with van der Waals surface area (Å²) in [6.07, 6.45) is 0. The first-order valence-electron chi connectivity index (χ1n) is 10.2. The first-order valence-corrected chi connectivity index (χ1v) is 10.2. The molecule has 5 nitrogen and oxygen atoms in total. The summed E-state index contributed by atoms with van der Waals surface area (Å²) in [5.74, 6) is -0.178. The summed E-state index contributed by atoms with van der Waals surface area (Å²) in [6.45, 7) is 9.77. The molecule has 2 rings (SSSR count). The number of hydrogen-bond donors (Lipinski definition) is 1. The van der Waals surface area contributed by atoms with Gasteiger partial charge in [0.05, 0.1) is 0 Å². The van der Waals surface area contributed by atoms with E-state index in [-0.39, 0.29) is 30.9 Å². The third-order valence-electron chi connectivity index (χ3n) is 5.06. The summed E-state index contributed by atoms with van der Waals surface area (Å²) in [7, 11) is 0. The Hall–Kier alpha value is -2.89. The topological polar surface area (TPSA) is 58.6 Å². The first-order chi connectivity index (χ1) is 14.2. The number of halogens is 1. The zero-order valence-corrected chi connectivity index (χ0v) is 18.4. The van der Waals surface area contributed by atoms with Gasteiger partial charge in [0.25, 0.3) is 5.91 Å². The van der Waals surface area contributed by atoms with Gasteiger partial charge in [-0.25, -0.2) is 4.39 Å². The molecule has 6 heteroatoms. The molecule has 1 atom stereocenters. The lowest BCUT2D eigenvalue weighted by Gasteiger charge is -2.29. The number of amides is 2. The fourth-order valence-corrected chi connectivity index (χ4v) is 2.95. The number of rotatable bonds is 9. The van der Waals surface area contributed by atoms with Gasteiger partial charge in [-0.1, -0.05) is 44.2 Å². The van der Waals surface area contributed by atoms with Crippen LogP contribution in [0.25, 0.3) is 0 Å². The van der Waals surface area contributed by atoms with Gasteiger partial charge in [0.2, 0.25) is 5.91 Å². The van der Waals surface area contributed by atoms with E-state index in [1.807, 2.05) is 39.8 Å². The van der Waals surface area contributed by atoms with Crippen molar-refractivity contribution in [2.24, 2.45) is 5.92 Å². The second kappa shape index (κ2) is 10.8. The molecule has 0 aliphatic heterocycles. The van der Waals surface area contributed by atoms with Crippen molar-refractivity contribution in [3.63, 3.8) is 0 Å². The summed E-state index contributed by atoms with van der Waals surface area (Å²) in [4.78, 5) is 27.0. The second-order valence-electron chi connectivity index (χ2n) is 7.91. The Bertz CT molecular complexity index is 883. The predicted octanol–water partition coefficient (Wildman–Crippen LogP) is 4.01. The van der Waals surface area contributed by atoms with Gasteiger partial charge in [0.15, 0.2) is 6.61 Å². The van der Waals surface area contributed by atoms with Gasteiger partial charge in [-0.3, -0.25) is 9.59 Å². The summed E-state index contributed by atoms with van der Waals surface area (Å²) < 4.78 is 19.9.